The zero-order valence-corrected chi connectivity index (χ0v) is 23.1. The largest absolute Gasteiger partial charge is 0.308 e. The molecule has 0 unspecified atom stereocenters. The first-order chi connectivity index (χ1) is 21.3. The molecule has 0 saturated carbocycles. The molecule has 9 rings (SSSR count). The van der Waals surface area contributed by atoms with Crippen molar-refractivity contribution in [2.24, 2.45) is 0 Å². The predicted octanol–water partition coefficient (Wildman–Crippen LogP) is 9.62. The molecule has 6 aromatic carbocycles. The molecule has 0 amide bonds. The monoisotopic (exact) mass is 548 g/mol. The summed E-state index contributed by atoms with van der Waals surface area (Å²) in [6, 6.07) is 50.9. The lowest BCUT2D eigenvalue weighted by atomic mass is 9.93. The molecular weight excluding hydrogens is 524 g/mol. The number of aromatic nitrogens is 4. The maximum atomic E-state index is 5.03. The van der Waals surface area contributed by atoms with E-state index < -0.39 is 0 Å². The van der Waals surface area contributed by atoms with Gasteiger partial charge in [-0.2, -0.15) is 0 Å². The van der Waals surface area contributed by atoms with Crippen molar-refractivity contribution in [3.8, 4) is 62.1 Å². The summed E-state index contributed by atoms with van der Waals surface area (Å²) in [7, 11) is 0. The number of benzene rings is 6. The van der Waals surface area contributed by atoms with Crippen molar-refractivity contribution in [3.63, 3.8) is 0 Å². The number of nitrogens with zero attached hydrogens (tertiary/aromatic N) is 4. The molecule has 0 bridgehead atoms. The van der Waals surface area contributed by atoms with E-state index in [-0.39, 0.29) is 0 Å². The second-order valence-corrected chi connectivity index (χ2v) is 10.9. The van der Waals surface area contributed by atoms with E-state index >= 15 is 0 Å². The molecule has 1 aliphatic heterocycles. The van der Waals surface area contributed by atoms with Crippen LogP contribution < -0.4 is 0 Å². The Balaban J connectivity index is 1.35. The van der Waals surface area contributed by atoms with Gasteiger partial charge in [0, 0.05) is 38.6 Å². The maximum Gasteiger partial charge on any atom is 0.164 e. The minimum atomic E-state index is 0.647. The molecule has 0 aliphatic carbocycles. The summed E-state index contributed by atoms with van der Waals surface area (Å²) in [6.45, 7) is 0. The first-order valence-corrected chi connectivity index (χ1v) is 14.5. The Morgan fingerprint density at radius 1 is 0.372 bits per heavy atom. The van der Waals surface area contributed by atoms with Gasteiger partial charge in [-0.15, -0.1) is 0 Å². The Kier molecular flexibility index (Phi) is 5.16. The zero-order chi connectivity index (χ0) is 28.3. The van der Waals surface area contributed by atoms with Gasteiger partial charge in [0.25, 0.3) is 0 Å². The lowest BCUT2D eigenvalue weighted by molar-refractivity contribution is 1.07. The summed E-state index contributed by atoms with van der Waals surface area (Å²) in [5.41, 5.74) is 11.2. The second-order valence-electron chi connectivity index (χ2n) is 10.9. The van der Waals surface area contributed by atoms with Crippen LogP contribution in [-0.4, -0.2) is 19.5 Å². The molecule has 4 nitrogen and oxygen atoms in total. The highest BCUT2D eigenvalue weighted by Crippen LogP contribution is 2.47. The molecule has 43 heavy (non-hydrogen) atoms. The molecule has 0 N–H and O–H groups in total. The van der Waals surface area contributed by atoms with E-state index in [1.54, 1.807) is 0 Å². The fourth-order valence-corrected chi connectivity index (χ4v) is 6.46. The van der Waals surface area contributed by atoms with Crippen LogP contribution in [0.15, 0.2) is 146 Å². The van der Waals surface area contributed by atoms with E-state index in [2.05, 4.69) is 89.5 Å². The van der Waals surface area contributed by atoms with Crippen molar-refractivity contribution < 1.29 is 0 Å². The van der Waals surface area contributed by atoms with Crippen molar-refractivity contribution >= 4 is 21.8 Å². The summed E-state index contributed by atoms with van der Waals surface area (Å²) in [6.07, 6.45) is 0. The molecule has 0 atom stereocenters. The zero-order valence-electron chi connectivity index (χ0n) is 23.1. The third-order valence-corrected chi connectivity index (χ3v) is 8.40. The van der Waals surface area contributed by atoms with Crippen LogP contribution in [0, 0.1) is 0 Å². The van der Waals surface area contributed by atoms with Crippen molar-refractivity contribution in [2.45, 2.75) is 0 Å². The second kappa shape index (κ2) is 9.33. The average molecular weight is 549 g/mol. The predicted molar refractivity (Wildman–Crippen MR) is 175 cm³/mol. The Bertz CT molecular complexity index is 2280. The summed E-state index contributed by atoms with van der Waals surface area (Å²) in [5.74, 6) is 1.96. The SMILES string of the molecule is c1ccc(-c2nc(-c3ccccc3)nc(-c3ccc4c(c3)-n3c5ccccc5c5cccc(c53)-c3ccccc3-4)n2)cc1. The van der Waals surface area contributed by atoms with Gasteiger partial charge in [-0.1, -0.05) is 133 Å². The lowest BCUT2D eigenvalue weighted by Gasteiger charge is -2.15. The Labute approximate surface area is 248 Å². The molecule has 0 fully saturated rings. The van der Waals surface area contributed by atoms with Gasteiger partial charge in [0.15, 0.2) is 17.5 Å². The smallest absolute Gasteiger partial charge is 0.164 e. The fourth-order valence-electron chi connectivity index (χ4n) is 6.46. The van der Waals surface area contributed by atoms with E-state index in [1.165, 1.54) is 44.1 Å². The summed E-state index contributed by atoms with van der Waals surface area (Å²) in [4.78, 5) is 15.0. The minimum Gasteiger partial charge on any atom is -0.308 e. The van der Waals surface area contributed by atoms with Gasteiger partial charge >= 0.3 is 0 Å². The van der Waals surface area contributed by atoms with E-state index in [4.69, 9.17) is 15.0 Å². The van der Waals surface area contributed by atoms with Crippen LogP contribution in [0.1, 0.15) is 0 Å². The number of para-hydroxylation sites is 2. The highest BCUT2D eigenvalue weighted by Gasteiger charge is 2.25. The molecule has 200 valence electrons. The quantitative estimate of drug-likeness (QED) is 0.221. The van der Waals surface area contributed by atoms with Crippen LogP contribution in [0.4, 0.5) is 0 Å². The van der Waals surface area contributed by atoms with Crippen molar-refractivity contribution in [1.82, 2.24) is 19.5 Å². The number of fused-ring (bicyclic) bond motifs is 8. The van der Waals surface area contributed by atoms with Gasteiger partial charge in [-0.3, -0.25) is 0 Å². The minimum absolute atomic E-state index is 0.647. The van der Waals surface area contributed by atoms with Crippen LogP contribution in [-0.2, 0) is 0 Å². The van der Waals surface area contributed by atoms with E-state index in [9.17, 15) is 0 Å². The molecule has 2 aromatic heterocycles. The first kappa shape index (κ1) is 23.8. The molecule has 0 radical (unpaired) electrons. The van der Waals surface area contributed by atoms with Crippen LogP contribution in [0.25, 0.3) is 83.9 Å². The Hall–Kier alpha value is -5.87. The summed E-state index contributed by atoms with van der Waals surface area (Å²) < 4.78 is 2.43. The van der Waals surface area contributed by atoms with Gasteiger partial charge in [-0.05, 0) is 23.3 Å². The van der Waals surface area contributed by atoms with Gasteiger partial charge < -0.3 is 4.57 Å². The van der Waals surface area contributed by atoms with Crippen molar-refractivity contribution in [1.29, 1.82) is 0 Å². The highest BCUT2D eigenvalue weighted by atomic mass is 15.0. The molecule has 0 saturated heterocycles. The maximum absolute atomic E-state index is 5.03. The van der Waals surface area contributed by atoms with Crippen LogP contribution in [0.3, 0.4) is 0 Å². The van der Waals surface area contributed by atoms with Crippen LogP contribution in [0.2, 0.25) is 0 Å². The summed E-state index contributed by atoms with van der Waals surface area (Å²) in [5, 5.41) is 2.49. The molecule has 8 aromatic rings. The normalized spacial score (nSPS) is 11.7. The van der Waals surface area contributed by atoms with E-state index in [0.29, 0.717) is 17.5 Å². The molecule has 1 aliphatic rings. The van der Waals surface area contributed by atoms with Gasteiger partial charge in [0.1, 0.15) is 0 Å². The first-order valence-electron chi connectivity index (χ1n) is 14.5. The van der Waals surface area contributed by atoms with Gasteiger partial charge in [0.2, 0.25) is 0 Å². The van der Waals surface area contributed by atoms with Crippen LogP contribution in [0.5, 0.6) is 0 Å². The third kappa shape index (κ3) is 3.67. The van der Waals surface area contributed by atoms with Crippen molar-refractivity contribution in [3.05, 3.63) is 146 Å². The van der Waals surface area contributed by atoms with Gasteiger partial charge in [0.05, 0.1) is 16.7 Å². The molecule has 0 spiro atoms. The highest BCUT2D eigenvalue weighted by molar-refractivity contribution is 6.16. The van der Waals surface area contributed by atoms with Crippen molar-refractivity contribution in [2.75, 3.05) is 0 Å². The molecule has 4 heteroatoms. The van der Waals surface area contributed by atoms with E-state index in [1.807, 2.05) is 60.7 Å². The van der Waals surface area contributed by atoms with E-state index in [0.717, 1.165) is 22.4 Å². The number of hydrogen-bond acceptors (Lipinski definition) is 3. The summed E-state index contributed by atoms with van der Waals surface area (Å²) >= 11 is 0. The topological polar surface area (TPSA) is 43.6 Å². The van der Waals surface area contributed by atoms with Crippen LogP contribution >= 0.6 is 0 Å². The third-order valence-electron chi connectivity index (χ3n) is 8.40. The lowest BCUT2D eigenvalue weighted by Crippen LogP contribution is -2.01. The fraction of sp³-hybridized carbons (Fsp3) is 0. The number of hydrogen-bond donors (Lipinski definition) is 0. The Morgan fingerprint density at radius 3 is 1.60 bits per heavy atom. The standard InChI is InChI=1S/C39H24N4/c1-3-12-25(13-4-1)37-40-38(26-14-5-2-6-15-26)42-39(41-37)27-22-23-31-28-16-7-8-17-29(28)32-19-11-20-33-30-18-9-10-21-34(30)43(36(32)33)35(31)24-27/h1-24H. The number of rotatable bonds is 3. The Morgan fingerprint density at radius 2 is 0.907 bits per heavy atom. The molecular formula is C39H24N4. The van der Waals surface area contributed by atoms with Gasteiger partial charge in [-0.25, -0.2) is 15.0 Å². The average Bonchev–Trinajstić information content (AvgIpc) is 3.37. The molecule has 3 heterocycles.